The average molecular weight is 212 g/mol. The molecule has 0 spiro atoms. The monoisotopic (exact) mass is 212 g/mol. The third-order valence-electron chi connectivity index (χ3n) is 1.96. The zero-order valence-corrected chi connectivity index (χ0v) is 8.73. The molecule has 0 bridgehead atoms. The SMILES string of the molecule is COC(=O)c1cnc(C(C)OC)[nH]c1=O. The van der Waals surface area contributed by atoms with Crippen LogP contribution in [0.4, 0.5) is 0 Å². The van der Waals surface area contributed by atoms with Crippen molar-refractivity contribution in [3.05, 3.63) is 27.9 Å². The van der Waals surface area contributed by atoms with Gasteiger partial charge in [-0.1, -0.05) is 0 Å². The second kappa shape index (κ2) is 4.70. The Labute approximate surface area is 86.2 Å². The van der Waals surface area contributed by atoms with E-state index < -0.39 is 11.5 Å². The average Bonchev–Trinajstić information content (AvgIpc) is 2.26. The van der Waals surface area contributed by atoms with Crippen molar-refractivity contribution < 1.29 is 14.3 Å². The molecule has 0 saturated carbocycles. The Morgan fingerprint density at radius 3 is 2.67 bits per heavy atom. The maximum atomic E-state index is 11.4. The van der Waals surface area contributed by atoms with Crippen LogP contribution in [0.1, 0.15) is 29.2 Å². The molecule has 1 unspecified atom stereocenters. The van der Waals surface area contributed by atoms with Gasteiger partial charge in [-0.25, -0.2) is 9.78 Å². The second-order valence-corrected chi connectivity index (χ2v) is 2.88. The van der Waals surface area contributed by atoms with Crippen molar-refractivity contribution in [2.75, 3.05) is 14.2 Å². The highest BCUT2D eigenvalue weighted by Crippen LogP contribution is 2.07. The number of methoxy groups -OCH3 is 2. The fourth-order valence-electron chi connectivity index (χ4n) is 0.982. The molecule has 0 saturated heterocycles. The van der Waals surface area contributed by atoms with Crippen molar-refractivity contribution >= 4 is 5.97 Å². The molecule has 1 aromatic rings. The number of nitrogens with one attached hydrogen (secondary N) is 1. The molecule has 6 nitrogen and oxygen atoms in total. The zero-order valence-electron chi connectivity index (χ0n) is 8.73. The van der Waals surface area contributed by atoms with Crippen LogP contribution in [0.5, 0.6) is 0 Å². The van der Waals surface area contributed by atoms with Gasteiger partial charge in [0.25, 0.3) is 5.56 Å². The van der Waals surface area contributed by atoms with Crippen LogP contribution in [0.25, 0.3) is 0 Å². The van der Waals surface area contributed by atoms with Crippen LogP contribution in [-0.4, -0.2) is 30.2 Å². The molecule has 6 heteroatoms. The zero-order chi connectivity index (χ0) is 11.4. The minimum atomic E-state index is -0.708. The molecular formula is C9H12N2O4. The van der Waals surface area contributed by atoms with Crippen molar-refractivity contribution in [2.45, 2.75) is 13.0 Å². The molecule has 1 heterocycles. The molecule has 0 aliphatic heterocycles. The largest absolute Gasteiger partial charge is 0.465 e. The predicted octanol–water partition coefficient (Wildman–Crippen LogP) is 0.264. The number of esters is 1. The quantitative estimate of drug-likeness (QED) is 0.727. The van der Waals surface area contributed by atoms with E-state index in [1.807, 2.05) is 0 Å². The molecule has 15 heavy (non-hydrogen) atoms. The molecule has 0 aliphatic carbocycles. The van der Waals surface area contributed by atoms with Crippen LogP contribution >= 0.6 is 0 Å². The van der Waals surface area contributed by atoms with Gasteiger partial charge < -0.3 is 14.5 Å². The smallest absolute Gasteiger partial charge is 0.345 e. The van der Waals surface area contributed by atoms with E-state index in [9.17, 15) is 9.59 Å². The number of aromatic nitrogens is 2. The number of ether oxygens (including phenoxy) is 2. The first-order valence-corrected chi connectivity index (χ1v) is 4.30. The summed E-state index contributed by atoms with van der Waals surface area (Å²) in [6.45, 7) is 1.73. The van der Waals surface area contributed by atoms with E-state index >= 15 is 0 Å². The standard InChI is InChI=1S/C9H12N2O4/c1-5(14-2)7-10-4-6(8(12)11-7)9(13)15-3/h4-5H,1-3H3,(H,10,11,12). The van der Waals surface area contributed by atoms with Crippen LogP contribution < -0.4 is 5.56 Å². The highest BCUT2D eigenvalue weighted by atomic mass is 16.5. The van der Waals surface area contributed by atoms with Crippen LogP contribution in [0, 0.1) is 0 Å². The Balaban J connectivity index is 3.09. The second-order valence-electron chi connectivity index (χ2n) is 2.88. The molecule has 1 N–H and O–H groups in total. The minimum Gasteiger partial charge on any atom is -0.465 e. The van der Waals surface area contributed by atoms with E-state index in [4.69, 9.17) is 4.74 Å². The summed E-state index contributed by atoms with van der Waals surface area (Å²) in [5, 5.41) is 0. The fraction of sp³-hybridized carbons (Fsp3) is 0.444. The summed E-state index contributed by atoms with van der Waals surface area (Å²) in [7, 11) is 2.70. The van der Waals surface area contributed by atoms with Crippen LogP contribution in [0.2, 0.25) is 0 Å². The molecule has 0 amide bonds. The third-order valence-corrected chi connectivity index (χ3v) is 1.96. The summed E-state index contributed by atoms with van der Waals surface area (Å²) in [5.74, 6) is -0.337. The first kappa shape index (κ1) is 11.4. The molecule has 0 radical (unpaired) electrons. The number of carbonyl (C=O) groups excluding carboxylic acids is 1. The van der Waals surface area contributed by atoms with E-state index in [0.29, 0.717) is 5.82 Å². The number of hydrogen-bond acceptors (Lipinski definition) is 5. The van der Waals surface area contributed by atoms with Gasteiger partial charge >= 0.3 is 5.97 Å². The van der Waals surface area contributed by atoms with Crippen molar-refractivity contribution in [1.82, 2.24) is 9.97 Å². The molecule has 1 rings (SSSR count). The summed E-state index contributed by atoms with van der Waals surface area (Å²) in [4.78, 5) is 28.8. The van der Waals surface area contributed by atoms with Gasteiger partial charge in [-0.15, -0.1) is 0 Å². The van der Waals surface area contributed by atoms with Crippen LogP contribution in [0.3, 0.4) is 0 Å². The maximum Gasteiger partial charge on any atom is 0.345 e. The normalized spacial score (nSPS) is 12.2. The molecule has 0 fully saturated rings. The lowest BCUT2D eigenvalue weighted by atomic mass is 10.3. The number of H-pyrrole nitrogens is 1. The summed E-state index contributed by atoms with van der Waals surface area (Å²) in [5.41, 5.74) is -0.652. The number of rotatable bonds is 3. The number of nitrogens with zero attached hydrogens (tertiary/aromatic N) is 1. The van der Waals surface area contributed by atoms with Gasteiger partial charge in [-0.05, 0) is 6.92 Å². The van der Waals surface area contributed by atoms with Crippen molar-refractivity contribution in [1.29, 1.82) is 0 Å². The first-order chi connectivity index (χ1) is 7.10. The topological polar surface area (TPSA) is 81.3 Å². The number of carbonyl (C=O) groups is 1. The third kappa shape index (κ3) is 2.41. The minimum absolute atomic E-state index is 0.121. The lowest BCUT2D eigenvalue weighted by molar-refractivity contribution is 0.0597. The number of hydrogen-bond donors (Lipinski definition) is 1. The number of aromatic amines is 1. The van der Waals surface area contributed by atoms with Crippen LogP contribution in [-0.2, 0) is 9.47 Å². The lowest BCUT2D eigenvalue weighted by Crippen LogP contribution is -2.22. The molecule has 0 aliphatic rings. The molecule has 0 aromatic carbocycles. The van der Waals surface area contributed by atoms with E-state index in [1.54, 1.807) is 6.92 Å². The van der Waals surface area contributed by atoms with Gasteiger partial charge in [-0.2, -0.15) is 0 Å². The van der Waals surface area contributed by atoms with Crippen molar-refractivity contribution in [3.63, 3.8) is 0 Å². The summed E-state index contributed by atoms with van der Waals surface area (Å²) < 4.78 is 9.38. The highest BCUT2D eigenvalue weighted by Gasteiger charge is 2.14. The molecule has 1 aromatic heterocycles. The van der Waals surface area contributed by atoms with Gasteiger partial charge in [0.15, 0.2) is 0 Å². The summed E-state index contributed by atoms with van der Waals surface area (Å²) in [6.07, 6.45) is 0.847. The van der Waals surface area contributed by atoms with Crippen molar-refractivity contribution in [2.24, 2.45) is 0 Å². The van der Waals surface area contributed by atoms with Gasteiger partial charge in [-0.3, -0.25) is 4.79 Å². The Bertz CT molecular complexity index is 413. The van der Waals surface area contributed by atoms with Gasteiger partial charge in [0, 0.05) is 13.3 Å². The Morgan fingerprint density at radius 1 is 1.53 bits per heavy atom. The van der Waals surface area contributed by atoms with Gasteiger partial charge in [0.2, 0.25) is 0 Å². The first-order valence-electron chi connectivity index (χ1n) is 4.30. The van der Waals surface area contributed by atoms with E-state index in [-0.39, 0.29) is 11.7 Å². The summed E-state index contributed by atoms with van der Waals surface area (Å²) in [6, 6.07) is 0. The molecular weight excluding hydrogens is 200 g/mol. The van der Waals surface area contributed by atoms with E-state index in [1.165, 1.54) is 20.4 Å². The van der Waals surface area contributed by atoms with E-state index in [0.717, 1.165) is 0 Å². The summed E-state index contributed by atoms with van der Waals surface area (Å²) >= 11 is 0. The maximum absolute atomic E-state index is 11.4. The predicted molar refractivity (Wildman–Crippen MR) is 51.6 cm³/mol. The Morgan fingerprint density at radius 2 is 2.20 bits per heavy atom. The van der Waals surface area contributed by atoms with Gasteiger partial charge in [0.1, 0.15) is 17.5 Å². The Kier molecular flexibility index (Phi) is 3.56. The molecule has 1 atom stereocenters. The van der Waals surface area contributed by atoms with Crippen LogP contribution in [0.15, 0.2) is 11.0 Å². The fourth-order valence-corrected chi connectivity index (χ4v) is 0.982. The van der Waals surface area contributed by atoms with Gasteiger partial charge in [0.05, 0.1) is 7.11 Å². The highest BCUT2D eigenvalue weighted by molar-refractivity contribution is 5.88. The molecule has 82 valence electrons. The van der Waals surface area contributed by atoms with E-state index in [2.05, 4.69) is 14.7 Å². The Hall–Kier alpha value is -1.69. The van der Waals surface area contributed by atoms with Crippen molar-refractivity contribution in [3.8, 4) is 0 Å². The lowest BCUT2D eigenvalue weighted by Gasteiger charge is -2.08.